The van der Waals surface area contributed by atoms with E-state index in [1.54, 1.807) is 0 Å². The summed E-state index contributed by atoms with van der Waals surface area (Å²) >= 11 is 0. The molecular formula is C16H22N2O4. The van der Waals surface area contributed by atoms with E-state index in [0.29, 0.717) is 6.54 Å². The number of carbonyl (C=O) groups is 1. The van der Waals surface area contributed by atoms with Gasteiger partial charge < -0.3 is 24.8 Å². The molecule has 6 nitrogen and oxygen atoms in total. The maximum atomic E-state index is 11.9. The summed E-state index contributed by atoms with van der Waals surface area (Å²) in [6.45, 7) is 3.63. The van der Waals surface area contributed by atoms with Gasteiger partial charge >= 0.3 is 6.03 Å². The van der Waals surface area contributed by atoms with Crippen LogP contribution < -0.4 is 20.1 Å². The fourth-order valence-electron chi connectivity index (χ4n) is 2.76. The Hall–Kier alpha value is -1.95. The van der Waals surface area contributed by atoms with Crippen molar-refractivity contribution in [2.75, 3.05) is 19.9 Å². The molecule has 0 aliphatic carbocycles. The molecule has 0 spiro atoms. The van der Waals surface area contributed by atoms with Gasteiger partial charge in [-0.05, 0) is 43.9 Å². The third-order valence-electron chi connectivity index (χ3n) is 4.02. The zero-order valence-corrected chi connectivity index (χ0v) is 12.8. The van der Waals surface area contributed by atoms with Crippen LogP contribution in [0.2, 0.25) is 0 Å². The first-order valence-corrected chi connectivity index (χ1v) is 7.77. The second-order valence-electron chi connectivity index (χ2n) is 5.68. The third kappa shape index (κ3) is 3.62. The predicted molar refractivity (Wildman–Crippen MR) is 81.2 cm³/mol. The second kappa shape index (κ2) is 6.87. The molecule has 1 fully saturated rings. The molecule has 22 heavy (non-hydrogen) atoms. The maximum Gasteiger partial charge on any atom is 0.315 e. The number of ether oxygens (including phenoxy) is 3. The number of urea groups is 1. The number of nitrogens with one attached hydrogen (secondary N) is 2. The quantitative estimate of drug-likeness (QED) is 0.871. The van der Waals surface area contributed by atoms with Gasteiger partial charge in [-0.1, -0.05) is 6.07 Å². The molecule has 2 aliphatic rings. The number of carbonyl (C=O) groups excluding carboxylic acids is 1. The molecule has 0 aromatic heterocycles. The van der Waals surface area contributed by atoms with E-state index in [1.807, 2.05) is 25.1 Å². The van der Waals surface area contributed by atoms with Crippen molar-refractivity contribution in [3.8, 4) is 11.5 Å². The molecule has 1 saturated heterocycles. The van der Waals surface area contributed by atoms with Crippen LogP contribution >= 0.6 is 0 Å². The first-order valence-electron chi connectivity index (χ1n) is 7.77. The molecule has 1 aromatic carbocycles. The minimum atomic E-state index is -0.149. The van der Waals surface area contributed by atoms with Gasteiger partial charge in [0.25, 0.3) is 0 Å². The average Bonchev–Trinajstić information content (AvgIpc) is 3.18. The van der Waals surface area contributed by atoms with Crippen molar-refractivity contribution in [2.24, 2.45) is 0 Å². The smallest absolute Gasteiger partial charge is 0.315 e. The van der Waals surface area contributed by atoms with Gasteiger partial charge in [-0.2, -0.15) is 0 Å². The lowest BCUT2D eigenvalue weighted by Gasteiger charge is -2.20. The molecule has 0 unspecified atom stereocenters. The molecule has 0 radical (unpaired) electrons. The third-order valence-corrected chi connectivity index (χ3v) is 4.02. The Kier molecular flexibility index (Phi) is 4.68. The van der Waals surface area contributed by atoms with Gasteiger partial charge in [0.2, 0.25) is 6.79 Å². The van der Waals surface area contributed by atoms with E-state index < -0.39 is 0 Å². The molecular weight excluding hydrogens is 284 g/mol. The Bertz CT molecular complexity index is 529. The van der Waals surface area contributed by atoms with Gasteiger partial charge in [0.1, 0.15) is 0 Å². The summed E-state index contributed by atoms with van der Waals surface area (Å²) in [5.74, 6) is 1.55. The normalized spacial score (nSPS) is 20.7. The summed E-state index contributed by atoms with van der Waals surface area (Å²) in [5.41, 5.74) is 1.11. The van der Waals surface area contributed by atoms with Gasteiger partial charge in [0.05, 0.1) is 12.1 Å². The van der Waals surface area contributed by atoms with Crippen LogP contribution in [-0.2, 0) is 11.2 Å². The molecule has 6 heteroatoms. The zero-order chi connectivity index (χ0) is 15.4. The molecule has 2 aliphatic heterocycles. The van der Waals surface area contributed by atoms with Gasteiger partial charge in [0, 0.05) is 13.2 Å². The first-order chi connectivity index (χ1) is 10.7. The number of benzene rings is 1. The first kappa shape index (κ1) is 15.0. The molecule has 0 bridgehead atoms. The highest BCUT2D eigenvalue weighted by molar-refractivity contribution is 5.74. The number of rotatable bonds is 5. The van der Waals surface area contributed by atoms with E-state index in [2.05, 4.69) is 10.6 Å². The lowest BCUT2D eigenvalue weighted by Crippen LogP contribution is -2.46. The summed E-state index contributed by atoms with van der Waals surface area (Å²) in [6, 6.07) is 5.73. The van der Waals surface area contributed by atoms with Crippen LogP contribution in [0.4, 0.5) is 4.79 Å². The van der Waals surface area contributed by atoms with Crippen molar-refractivity contribution < 1.29 is 19.0 Å². The van der Waals surface area contributed by atoms with E-state index in [9.17, 15) is 4.79 Å². The highest BCUT2D eigenvalue weighted by atomic mass is 16.7. The van der Waals surface area contributed by atoms with Crippen LogP contribution in [-0.4, -0.2) is 38.1 Å². The molecule has 2 atom stereocenters. The Morgan fingerprint density at radius 3 is 3.05 bits per heavy atom. The van der Waals surface area contributed by atoms with Gasteiger partial charge in [-0.3, -0.25) is 0 Å². The lowest BCUT2D eigenvalue weighted by atomic mass is 10.1. The van der Waals surface area contributed by atoms with Crippen molar-refractivity contribution >= 4 is 6.03 Å². The topological polar surface area (TPSA) is 68.8 Å². The molecule has 2 N–H and O–H groups in total. The van der Waals surface area contributed by atoms with Gasteiger partial charge in [-0.25, -0.2) is 4.79 Å². The Morgan fingerprint density at radius 1 is 1.36 bits per heavy atom. The van der Waals surface area contributed by atoms with Crippen LogP contribution in [0, 0.1) is 0 Å². The second-order valence-corrected chi connectivity index (χ2v) is 5.68. The summed E-state index contributed by atoms with van der Waals surface area (Å²) < 4.78 is 16.2. The Balaban J connectivity index is 1.40. The summed E-state index contributed by atoms with van der Waals surface area (Å²) in [6.07, 6.45) is 2.97. The molecule has 2 amide bonds. The minimum Gasteiger partial charge on any atom is -0.454 e. The summed E-state index contributed by atoms with van der Waals surface area (Å²) in [4.78, 5) is 11.9. The van der Waals surface area contributed by atoms with Crippen LogP contribution in [0.1, 0.15) is 25.3 Å². The molecule has 2 heterocycles. The highest BCUT2D eigenvalue weighted by Gasteiger charge is 2.23. The molecule has 3 rings (SSSR count). The maximum absolute atomic E-state index is 11.9. The fourth-order valence-corrected chi connectivity index (χ4v) is 2.76. The fraction of sp³-hybridized carbons (Fsp3) is 0.562. The van der Waals surface area contributed by atoms with Crippen LogP contribution in [0.25, 0.3) is 0 Å². The van der Waals surface area contributed by atoms with Crippen molar-refractivity contribution in [3.63, 3.8) is 0 Å². The Labute approximate surface area is 130 Å². The van der Waals surface area contributed by atoms with E-state index in [4.69, 9.17) is 14.2 Å². The molecule has 1 aromatic rings. The van der Waals surface area contributed by atoms with Gasteiger partial charge in [-0.15, -0.1) is 0 Å². The van der Waals surface area contributed by atoms with E-state index >= 15 is 0 Å². The lowest BCUT2D eigenvalue weighted by molar-refractivity contribution is 0.0860. The number of hydrogen-bond acceptors (Lipinski definition) is 4. The largest absolute Gasteiger partial charge is 0.454 e. The van der Waals surface area contributed by atoms with Crippen molar-refractivity contribution in [2.45, 2.75) is 38.3 Å². The zero-order valence-electron chi connectivity index (χ0n) is 12.8. The van der Waals surface area contributed by atoms with Gasteiger partial charge in [0.15, 0.2) is 11.5 Å². The highest BCUT2D eigenvalue weighted by Crippen LogP contribution is 2.32. The van der Waals surface area contributed by atoms with E-state index in [-0.39, 0.29) is 25.0 Å². The monoisotopic (exact) mass is 306 g/mol. The SMILES string of the molecule is C[C@H](NC(=O)NCCc1ccc2c(c1)OCO2)[C@@H]1CCCO1. The molecule has 0 saturated carbocycles. The number of amides is 2. The average molecular weight is 306 g/mol. The van der Waals surface area contributed by atoms with Crippen LogP contribution in [0.5, 0.6) is 11.5 Å². The standard InChI is InChI=1S/C16H22N2O4/c1-11(13-3-2-8-20-13)18-16(19)17-7-6-12-4-5-14-15(9-12)22-10-21-14/h4-5,9,11,13H,2-3,6-8,10H2,1H3,(H2,17,18,19)/t11-,13-/m0/s1. The van der Waals surface area contributed by atoms with Crippen molar-refractivity contribution in [3.05, 3.63) is 23.8 Å². The minimum absolute atomic E-state index is 0.0352. The van der Waals surface area contributed by atoms with E-state index in [1.165, 1.54) is 0 Å². The van der Waals surface area contributed by atoms with Crippen molar-refractivity contribution in [1.82, 2.24) is 10.6 Å². The molecule has 120 valence electrons. The predicted octanol–water partition coefficient (Wildman–Crippen LogP) is 1.82. The van der Waals surface area contributed by atoms with Crippen LogP contribution in [0.3, 0.4) is 0 Å². The number of hydrogen-bond donors (Lipinski definition) is 2. The summed E-state index contributed by atoms with van der Waals surface area (Å²) in [7, 11) is 0. The van der Waals surface area contributed by atoms with Crippen molar-refractivity contribution in [1.29, 1.82) is 0 Å². The Morgan fingerprint density at radius 2 is 2.23 bits per heavy atom. The summed E-state index contributed by atoms with van der Waals surface area (Å²) in [5, 5.41) is 5.81. The number of fused-ring (bicyclic) bond motifs is 1. The van der Waals surface area contributed by atoms with E-state index in [0.717, 1.165) is 42.9 Å². The van der Waals surface area contributed by atoms with Crippen LogP contribution in [0.15, 0.2) is 18.2 Å².